The van der Waals surface area contributed by atoms with Gasteiger partial charge in [0.15, 0.2) is 0 Å². The fourth-order valence-electron chi connectivity index (χ4n) is 11.9. The lowest BCUT2D eigenvalue weighted by molar-refractivity contribution is 0.527. The van der Waals surface area contributed by atoms with Gasteiger partial charge in [-0.3, -0.25) is 0 Å². The molecule has 0 saturated carbocycles. The smallest absolute Gasteiger partial charge is 0.0465 e. The fourth-order valence-corrected chi connectivity index (χ4v) is 11.9. The number of H-pyrrole nitrogens is 1. The molecular formula is C67H67N. The Morgan fingerprint density at radius 3 is 2.06 bits per heavy atom. The molecule has 0 radical (unpaired) electrons. The molecule has 3 aliphatic rings. The van der Waals surface area contributed by atoms with E-state index in [1.807, 2.05) is 13.8 Å². The molecule has 8 aromatic carbocycles. The lowest BCUT2D eigenvalue weighted by atomic mass is 9.78. The zero-order valence-electron chi connectivity index (χ0n) is 41.4. The number of aryl methyl sites for hydroxylation is 1. The second-order valence-corrected chi connectivity index (χ2v) is 20.0. The van der Waals surface area contributed by atoms with E-state index in [1.165, 1.54) is 136 Å². The van der Waals surface area contributed by atoms with Crippen molar-refractivity contribution in [2.75, 3.05) is 0 Å². The molecule has 0 spiro atoms. The summed E-state index contributed by atoms with van der Waals surface area (Å²) >= 11 is 0. The highest BCUT2D eigenvalue weighted by Gasteiger charge is 2.39. The molecule has 0 aliphatic heterocycles. The lowest BCUT2D eigenvalue weighted by Gasteiger charge is -2.24. The topological polar surface area (TPSA) is 15.8 Å². The number of rotatable bonds is 6. The Balaban J connectivity index is 0.000000186. The molecule has 0 saturated heterocycles. The van der Waals surface area contributed by atoms with Crippen LogP contribution in [-0.4, -0.2) is 4.98 Å². The van der Waals surface area contributed by atoms with Gasteiger partial charge in [0.1, 0.15) is 0 Å². The van der Waals surface area contributed by atoms with Gasteiger partial charge in [0.05, 0.1) is 0 Å². The maximum absolute atomic E-state index is 3.69. The maximum Gasteiger partial charge on any atom is 0.0465 e. The highest BCUT2D eigenvalue weighted by Crippen LogP contribution is 2.55. The number of hydrogen-bond acceptors (Lipinski definition) is 0. The minimum absolute atomic E-state index is 0.0781. The third-order valence-corrected chi connectivity index (χ3v) is 15.3. The SMILES string of the molecule is CC.CC1(C)c2ccccc2-c2ccc3c(c21)-c1ccccc1C3.CCCc1ccccc1-c1cccc(-c2ccc3[nH]c4ccc(C/C5=C/Cc6ccccc6CC(C)CC5)cc4c3c2)c1C. The van der Waals surface area contributed by atoms with Crippen molar-refractivity contribution in [3.63, 3.8) is 0 Å². The molecule has 0 bridgehead atoms. The van der Waals surface area contributed by atoms with Crippen molar-refractivity contribution in [3.8, 4) is 44.5 Å². The van der Waals surface area contributed by atoms with E-state index < -0.39 is 0 Å². The van der Waals surface area contributed by atoms with E-state index in [4.69, 9.17) is 0 Å². The fraction of sp³-hybridized carbons (Fsp3) is 0.254. The summed E-state index contributed by atoms with van der Waals surface area (Å²) in [5.41, 5.74) is 28.3. The average Bonchev–Trinajstić information content (AvgIpc) is 4.02. The van der Waals surface area contributed by atoms with Crippen LogP contribution < -0.4 is 0 Å². The molecule has 340 valence electrons. The first-order valence-corrected chi connectivity index (χ1v) is 25.6. The number of benzene rings is 8. The van der Waals surface area contributed by atoms with Crippen LogP contribution in [0, 0.1) is 12.8 Å². The summed E-state index contributed by atoms with van der Waals surface area (Å²) in [4.78, 5) is 3.69. The maximum atomic E-state index is 3.69. The molecule has 1 heteroatoms. The monoisotopic (exact) mass is 886 g/mol. The number of hydrogen-bond donors (Lipinski definition) is 1. The third-order valence-electron chi connectivity index (χ3n) is 15.3. The molecule has 1 heterocycles. The van der Waals surface area contributed by atoms with Crippen molar-refractivity contribution < 1.29 is 0 Å². The minimum Gasteiger partial charge on any atom is -0.355 e. The summed E-state index contributed by atoms with van der Waals surface area (Å²) in [6.45, 7) is 15.7. The van der Waals surface area contributed by atoms with Crippen molar-refractivity contribution in [1.82, 2.24) is 4.98 Å². The summed E-state index contributed by atoms with van der Waals surface area (Å²) in [5, 5.41) is 2.63. The highest BCUT2D eigenvalue weighted by atomic mass is 14.7. The van der Waals surface area contributed by atoms with Gasteiger partial charge in [0, 0.05) is 27.2 Å². The Bertz CT molecular complexity index is 3330. The van der Waals surface area contributed by atoms with Crippen LogP contribution in [0.3, 0.4) is 0 Å². The van der Waals surface area contributed by atoms with Crippen LogP contribution in [0.2, 0.25) is 0 Å². The van der Waals surface area contributed by atoms with E-state index in [0.29, 0.717) is 5.92 Å². The van der Waals surface area contributed by atoms with E-state index in [0.717, 1.165) is 32.1 Å². The normalized spacial score (nSPS) is 16.0. The molecule has 1 aromatic heterocycles. The summed E-state index contributed by atoms with van der Waals surface area (Å²) < 4.78 is 0. The van der Waals surface area contributed by atoms with E-state index in [1.54, 1.807) is 5.57 Å². The van der Waals surface area contributed by atoms with Crippen LogP contribution in [0.5, 0.6) is 0 Å². The predicted molar refractivity (Wildman–Crippen MR) is 293 cm³/mol. The van der Waals surface area contributed by atoms with Gasteiger partial charge < -0.3 is 4.98 Å². The molecular weight excluding hydrogens is 819 g/mol. The second kappa shape index (κ2) is 19.1. The predicted octanol–water partition coefficient (Wildman–Crippen LogP) is 18.2. The van der Waals surface area contributed by atoms with E-state index in [-0.39, 0.29) is 5.41 Å². The van der Waals surface area contributed by atoms with Gasteiger partial charge >= 0.3 is 0 Å². The molecule has 1 unspecified atom stereocenters. The van der Waals surface area contributed by atoms with Crippen LogP contribution in [0.1, 0.15) is 111 Å². The van der Waals surface area contributed by atoms with E-state index >= 15 is 0 Å². The highest BCUT2D eigenvalue weighted by molar-refractivity contribution is 6.09. The van der Waals surface area contributed by atoms with Gasteiger partial charge in [-0.05, 0) is 177 Å². The van der Waals surface area contributed by atoms with E-state index in [9.17, 15) is 0 Å². The Hall–Kier alpha value is -6.70. The Morgan fingerprint density at radius 2 is 1.25 bits per heavy atom. The second-order valence-electron chi connectivity index (χ2n) is 20.0. The Morgan fingerprint density at radius 1 is 0.588 bits per heavy atom. The van der Waals surface area contributed by atoms with Gasteiger partial charge in [0.25, 0.3) is 0 Å². The molecule has 1 atom stereocenters. The molecule has 68 heavy (non-hydrogen) atoms. The summed E-state index contributed by atoms with van der Waals surface area (Å²) in [6, 6.07) is 61.2. The van der Waals surface area contributed by atoms with Crippen molar-refractivity contribution >= 4 is 21.8 Å². The van der Waals surface area contributed by atoms with Crippen molar-refractivity contribution in [2.24, 2.45) is 5.92 Å². The molecule has 1 N–H and O–H groups in total. The van der Waals surface area contributed by atoms with Gasteiger partial charge in [-0.15, -0.1) is 0 Å². The minimum atomic E-state index is 0.0781. The van der Waals surface area contributed by atoms with Crippen molar-refractivity contribution in [1.29, 1.82) is 0 Å². The van der Waals surface area contributed by atoms with E-state index in [2.05, 4.69) is 209 Å². The zero-order chi connectivity index (χ0) is 46.9. The van der Waals surface area contributed by atoms with Gasteiger partial charge in [-0.1, -0.05) is 199 Å². The standard InChI is InChI=1S/C43H43N.C22H18.C2H6/c1-4-10-34-12-7-8-14-39(34)38-16-9-15-37(30(38)3)36-22-24-43-41(28-36)40-27-32(20-23-42(40)44-43)26-31-18-17-29(2)25-35-13-6-5-11-33(35)21-19-31;1-22(2)19-10-6-5-9-17(19)18-12-11-15-13-14-7-3-4-8-16(14)20(15)21(18)22;1-2/h5-9,11-16,19-20,22-24,27-29,44H,4,10,17-18,21,25-26H2,1-3H3;3-12H,13H2,1-2H3;1-2H3/b31-19+;;. The third kappa shape index (κ3) is 8.36. The summed E-state index contributed by atoms with van der Waals surface area (Å²) in [6.07, 6.45) is 11.5. The van der Waals surface area contributed by atoms with Crippen LogP contribution in [0.25, 0.3) is 66.3 Å². The van der Waals surface area contributed by atoms with Crippen LogP contribution in [0.15, 0.2) is 175 Å². The van der Waals surface area contributed by atoms with Crippen LogP contribution in [0.4, 0.5) is 0 Å². The lowest BCUT2D eigenvalue weighted by Crippen LogP contribution is -2.16. The van der Waals surface area contributed by atoms with Gasteiger partial charge in [-0.2, -0.15) is 0 Å². The molecule has 0 amide bonds. The van der Waals surface area contributed by atoms with Crippen molar-refractivity contribution in [2.45, 2.75) is 105 Å². The number of aromatic amines is 1. The Kier molecular flexibility index (Phi) is 12.7. The number of allylic oxidation sites excluding steroid dienone is 2. The summed E-state index contributed by atoms with van der Waals surface area (Å²) in [7, 11) is 0. The van der Waals surface area contributed by atoms with Crippen LogP contribution >= 0.6 is 0 Å². The van der Waals surface area contributed by atoms with Crippen LogP contribution in [-0.2, 0) is 37.5 Å². The van der Waals surface area contributed by atoms with Gasteiger partial charge in [-0.25, -0.2) is 0 Å². The molecule has 1 nitrogen and oxygen atoms in total. The molecule has 12 rings (SSSR count). The number of nitrogens with one attached hydrogen (secondary N) is 1. The molecule has 0 fully saturated rings. The molecule has 9 aromatic rings. The number of fused-ring (bicyclic) bond motifs is 11. The average molecular weight is 886 g/mol. The van der Waals surface area contributed by atoms with Crippen molar-refractivity contribution in [3.05, 3.63) is 226 Å². The first-order chi connectivity index (χ1) is 33.2. The number of aromatic nitrogens is 1. The van der Waals surface area contributed by atoms with Gasteiger partial charge in [0.2, 0.25) is 0 Å². The quantitative estimate of drug-likeness (QED) is 0.160. The first-order valence-electron chi connectivity index (χ1n) is 25.6. The molecule has 3 aliphatic carbocycles. The zero-order valence-corrected chi connectivity index (χ0v) is 41.4. The first kappa shape index (κ1) is 45.1. The Labute approximate surface area is 406 Å². The largest absolute Gasteiger partial charge is 0.355 e. The summed E-state index contributed by atoms with van der Waals surface area (Å²) in [5.74, 6) is 0.703.